The van der Waals surface area contributed by atoms with Crippen LogP contribution in [0.4, 0.5) is 0 Å². The number of hydrogen-bond donors (Lipinski definition) is 2. The molecule has 0 unspecified atom stereocenters. The number of rotatable bonds is 3. The topological polar surface area (TPSA) is 62.0 Å². The van der Waals surface area contributed by atoms with Crippen molar-refractivity contribution in [2.45, 2.75) is 34.1 Å². The number of carbonyl (C=O) groups excluding carboxylic acids is 1. The lowest BCUT2D eigenvalue weighted by atomic mass is 9.95. The third-order valence-electron chi connectivity index (χ3n) is 3.53. The Kier molecular flexibility index (Phi) is 4.16. The Morgan fingerprint density at radius 3 is 2.67 bits per heavy atom. The van der Waals surface area contributed by atoms with Gasteiger partial charge in [0.2, 0.25) is 5.91 Å². The van der Waals surface area contributed by atoms with Gasteiger partial charge in [-0.3, -0.25) is 9.59 Å². The Labute approximate surface area is 124 Å². The van der Waals surface area contributed by atoms with E-state index in [4.69, 9.17) is 0 Å². The van der Waals surface area contributed by atoms with Crippen molar-refractivity contribution in [3.8, 4) is 0 Å². The molecule has 0 spiro atoms. The molecule has 4 heteroatoms. The Morgan fingerprint density at radius 1 is 1.29 bits per heavy atom. The number of carbonyl (C=O) groups is 1. The average Bonchev–Trinajstić information content (AvgIpc) is 2.39. The van der Waals surface area contributed by atoms with Crippen molar-refractivity contribution in [1.82, 2.24) is 10.3 Å². The van der Waals surface area contributed by atoms with Gasteiger partial charge < -0.3 is 10.3 Å². The van der Waals surface area contributed by atoms with E-state index in [0.29, 0.717) is 18.5 Å². The first-order valence-electron chi connectivity index (χ1n) is 7.19. The molecule has 0 radical (unpaired) electrons. The molecule has 0 aliphatic rings. The summed E-state index contributed by atoms with van der Waals surface area (Å²) < 4.78 is 0. The van der Waals surface area contributed by atoms with Crippen molar-refractivity contribution < 1.29 is 4.79 Å². The standard InChI is InChI=1S/C17H22N2O2/c1-11-6-5-7-12-10-13(15(20)19-14(11)12)8-9-18-16(21)17(2,3)4/h5-7,10H,8-9H2,1-4H3,(H,18,21)(H,19,20). The Morgan fingerprint density at radius 2 is 2.00 bits per heavy atom. The molecular formula is C17H22N2O2. The molecule has 4 nitrogen and oxygen atoms in total. The van der Waals surface area contributed by atoms with E-state index in [1.54, 1.807) is 0 Å². The van der Waals surface area contributed by atoms with E-state index < -0.39 is 5.41 Å². The number of H-pyrrole nitrogens is 1. The number of para-hydroxylation sites is 1. The van der Waals surface area contributed by atoms with Gasteiger partial charge in [0.25, 0.3) is 5.56 Å². The first kappa shape index (κ1) is 15.3. The molecule has 2 rings (SSSR count). The molecule has 1 heterocycles. The molecule has 1 amide bonds. The normalized spacial score (nSPS) is 11.6. The highest BCUT2D eigenvalue weighted by Gasteiger charge is 2.20. The van der Waals surface area contributed by atoms with Crippen LogP contribution < -0.4 is 10.9 Å². The minimum atomic E-state index is -0.410. The van der Waals surface area contributed by atoms with Crippen LogP contribution in [0.3, 0.4) is 0 Å². The number of amides is 1. The summed E-state index contributed by atoms with van der Waals surface area (Å²) in [4.78, 5) is 26.8. The minimum Gasteiger partial charge on any atom is -0.355 e. The van der Waals surface area contributed by atoms with E-state index in [9.17, 15) is 9.59 Å². The SMILES string of the molecule is Cc1cccc2cc(CCNC(=O)C(C)(C)C)c(=O)[nH]c12. The van der Waals surface area contributed by atoms with Gasteiger partial charge in [-0.15, -0.1) is 0 Å². The van der Waals surface area contributed by atoms with Crippen LogP contribution in [0.2, 0.25) is 0 Å². The van der Waals surface area contributed by atoms with Crippen molar-refractivity contribution in [2.75, 3.05) is 6.54 Å². The number of aromatic amines is 1. The summed E-state index contributed by atoms with van der Waals surface area (Å²) in [5.41, 5.74) is 2.14. The monoisotopic (exact) mass is 286 g/mol. The first-order chi connectivity index (χ1) is 9.79. The van der Waals surface area contributed by atoms with Crippen LogP contribution in [-0.2, 0) is 11.2 Å². The van der Waals surface area contributed by atoms with Gasteiger partial charge in [-0.2, -0.15) is 0 Å². The van der Waals surface area contributed by atoms with Crippen LogP contribution in [0.25, 0.3) is 10.9 Å². The number of aryl methyl sites for hydroxylation is 1. The van der Waals surface area contributed by atoms with Crippen molar-refractivity contribution in [3.63, 3.8) is 0 Å². The third kappa shape index (κ3) is 3.51. The molecule has 0 aliphatic carbocycles. The van der Waals surface area contributed by atoms with E-state index in [1.165, 1.54) is 0 Å². The van der Waals surface area contributed by atoms with Gasteiger partial charge in [0.1, 0.15) is 0 Å². The van der Waals surface area contributed by atoms with E-state index in [0.717, 1.165) is 16.5 Å². The van der Waals surface area contributed by atoms with Crippen molar-refractivity contribution in [1.29, 1.82) is 0 Å². The van der Waals surface area contributed by atoms with Crippen LogP contribution in [0, 0.1) is 12.3 Å². The smallest absolute Gasteiger partial charge is 0.251 e. The van der Waals surface area contributed by atoms with Crippen LogP contribution in [-0.4, -0.2) is 17.4 Å². The number of pyridine rings is 1. The quantitative estimate of drug-likeness (QED) is 0.911. The predicted molar refractivity (Wildman–Crippen MR) is 85.5 cm³/mol. The Hall–Kier alpha value is -2.10. The lowest BCUT2D eigenvalue weighted by Crippen LogP contribution is -2.36. The summed E-state index contributed by atoms with van der Waals surface area (Å²) in [5.74, 6) is -0.00411. The number of aromatic nitrogens is 1. The second-order valence-corrected chi connectivity index (χ2v) is 6.42. The average molecular weight is 286 g/mol. The number of benzene rings is 1. The van der Waals surface area contributed by atoms with Gasteiger partial charge in [-0.25, -0.2) is 0 Å². The van der Waals surface area contributed by atoms with E-state index in [2.05, 4.69) is 10.3 Å². The second-order valence-electron chi connectivity index (χ2n) is 6.42. The van der Waals surface area contributed by atoms with Crippen molar-refractivity contribution in [3.05, 3.63) is 45.7 Å². The number of hydrogen-bond acceptors (Lipinski definition) is 2. The fourth-order valence-electron chi connectivity index (χ4n) is 2.19. The highest BCUT2D eigenvalue weighted by atomic mass is 16.2. The van der Waals surface area contributed by atoms with Gasteiger partial charge >= 0.3 is 0 Å². The molecule has 1 aromatic carbocycles. The molecule has 0 aliphatic heterocycles. The summed E-state index contributed by atoms with van der Waals surface area (Å²) in [7, 11) is 0. The lowest BCUT2D eigenvalue weighted by molar-refractivity contribution is -0.128. The Bertz CT molecular complexity index is 724. The molecule has 0 atom stereocenters. The molecule has 0 fully saturated rings. The minimum absolute atomic E-state index is 0.00411. The van der Waals surface area contributed by atoms with Gasteiger partial charge in [0.05, 0.1) is 5.52 Å². The van der Waals surface area contributed by atoms with Gasteiger partial charge in [0.15, 0.2) is 0 Å². The molecule has 0 saturated carbocycles. The second kappa shape index (κ2) is 5.72. The zero-order valence-corrected chi connectivity index (χ0v) is 13.0. The van der Waals surface area contributed by atoms with Crippen LogP contribution in [0.1, 0.15) is 31.9 Å². The fraction of sp³-hybridized carbons (Fsp3) is 0.412. The van der Waals surface area contributed by atoms with Crippen LogP contribution in [0.15, 0.2) is 29.1 Å². The zero-order valence-electron chi connectivity index (χ0n) is 13.0. The lowest BCUT2D eigenvalue weighted by Gasteiger charge is -2.17. The Balaban J connectivity index is 2.15. The molecule has 2 N–H and O–H groups in total. The summed E-state index contributed by atoms with van der Waals surface area (Å²) in [5, 5.41) is 3.89. The third-order valence-corrected chi connectivity index (χ3v) is 3.53. The highest BCUT2D eigenvalue weighted by molar-refractivity contribution is 5.82. The molecular weight excluding hydrogens is 264 g/mol. The summed E-state index contributed by atoms with van der Waals surface area (Å²) >= 11 is 0. The number of fused-ring (bicyclic) bond motifs is 1. The maximum absolute atomic E-state index is 12.1. The van der Waals surface area contributed by atoms with E-state index in [1.807, 2.05) is 52.0 Å². The van der Waals surface area contributed by atoms with Gasteiger partial charge in [-0.05, 0) is 30.4 Å². The highest BCUT2D eigenvalue weighted by Crippen LogP contribution is 2.15. The fourth-order valence-corrected chi connectivity index (χ4v) is 2.19. The van der Waals surface area contributed by atoms with E-state index in [-0.39, 0.29) is 11.5 Å². The van der Waals surface area contributed by atoms with Gasteiger partial charge in [-0.1, -0.05) is 39.0 Å². The maximum atomic E-state index is 12.1. The molecule has 1 aromatic heterocycles. The van der Waals surface area contributed by atoms with Crippen molar-refractivity contribution in [2.24, 2.45) is 5.41 Å². The molecule has 112 valence electrons. The van der Waals surface area contributed by atoms with Crippen molar-refractivity contribution >= 4 is 16.8 Å². The summed E-state index contributed by atoms with van der Waals surface area (Å²) in [6, 6.07) is 7.84. The zero-order chi connectivity index (χ0) is 15.6. The molecule has 0 saturated heterocycles. The molecule has 2 aromatic rings. The maximum Gasteiger partial charge on any atom is 0.251 e. The molecule has 0 bridgehead atoms. The molecule has 21 heavy (non-hydrogen) atoms. The van der Waals surface area contributed by atoms with Crippen LogP contribution >= 0.6 is 0 Å². The number of nitrogens with one attached hydrogen (secondary N) is 2. The van der Waals surface area contributed by atoms with Crippen LogP contribution in [0.5, 0.6) is 0 Å². The summed E-state index contributed by atoms with van der Waals surface area (Å²) in [6.45, 7) is 8.05. The first-order valence-corrected chi connectivity index (χ1v) is 7.19. The van der Waals surface area contributed by atoms with E-state index >= 15 is 0 Å². The van der Waals surface area contributed by atoms with Gasteiger partial charge in [0, 0.05) is 17.5 Å². The predicted octanol–water partition coefficient (Wildman–Crippen LogP) is 2.54. The largest absolute Gasteiger partial charge is 0.355 e. The summed E-state index contributed by atoms with van der Waals surface area (Å²) in [6.07, 6.45) is 0.529.